The second-order valence-corrected chi connectivity index (χ2v) is 5.13. The van der Waals surface area contributed by atoms with Gasteiger partial charge in [-0.15, -0.1) is 0 Å². The van der Waals surface area contributed by atoms with Crippen LogP contribution >= 0.6 is 0 Å². The van der Waals surface area contributed by atoms with Gasteiger partial charge in [0.2, 0.25) is 5.91 Å². The van der Waals surface area contributed by atoms with Crippen LogP contribution in [0.5, 0.6) is 0 Å². The molecule has 0 aromatic heterocycles. The van der Waals surface area contributed by atoms with Crippen LogP contribution in [0.15, 0.2) is 0 Å². The average molecular weight is 254 g/mol. The largest absolute Gasteiger partial charge is 0.336 e. The zero-order chi connectivity index (χ0) is 13.1. The fourth-order valence-electron chi connectivity index (χ4n) is 2.69. The Balaban J connectivity index is 1.86. The van der Waals surface area contributed by atoms with Crippen molar-refractivity contribution >= 4 is 11.9 Å². The molecule has 2 rings (SSSR count). The predicted molar refractivity (Wildman–Crippen MR) is 67.9 cm³/mol. The summed E-state index contributed by atoms with van der Waals surface area (Å²) in [5.74, 6) is 0.356. The summed E-state index contributed by atoms with van der Waals surface area (Å²) >= 11 is 0. The summed E-state index contributed by atoms with van der Waals surface area (Å²) in [5, 5.41) is 2.64. The minimum Gasteiger partial charge on any atom is -0.336 e. The van der Waals surface area contributed by atoms with Crippen molar-refractivity contribution in [3.05, 3.63) is 0 Å². The maximum absolute atomic E-state index is 12.0. The summed E-state index contributed by atoms with van der Waals surface area (Å²) in [6, 6.07) is -0.0165. The Labute approximate surface area is 107 Å². The van der Waals surface area contributed by atoms with E-state index in [-0.39, 0.29) is 18.0 Å². The first-order chi connectivity index (χ1) is 8.61. The second-order valence-electron chi connectivity index (χ2n) is 5.13. The smallest absolute Gasteiger partial charge is 0.324 e. The van der Waals surface area contributed by atoms with Gasteiger partial charge in [-0.3, -0.25) is 14.6 Å². The zero-order valence-electron chi connectivity index (χ0n) is 10.9. The van der Waals surface area contributed by atoms with Crippen LogP contribution in [0.1, 0.15) is 19.8 Å². The molecule has 18 heavy (non-hydrogen) atoms. The molecule has 0 radical (unpaired) electrons. The molecule has 3 N–H and O–H groups in total. The van der Waals surface area contributed by atoms with Gasteiger partial charge in [-0.05, 0) is 12.3 Å². The lowest BCUT2D eigenvalue weighted by Crippen LogP contribution is -2.50. The van der Waals surface area contributed by atoms with E-state index in [4.69, 9.17) is 5.73 Å². The summed E-state index contributed by atoms with van der Waals surface area (Å²) in [7, 11) is 0. The highest BCUT2D eigenvalue weighted by molar-refractivity contribution is 5.96. The molecule has 2 aliphatic heterocycles. The Morgan fingerprint density at radius 1 is 1.50 bits per heavy atom. The molecule has 102 valence electrons. The van der Waals surface area contributed by atoms with Gasteiger partial charge in [0, 0.05) is 32.2 Å². The predicted octanol–water partition coefficient (Wildman–Crippen LogP) is -0.403. The van der Waals surface area contributed by atoms with Crippen LogP contribution in [0.3, 0.4) is 0 Å². The first-order valence-electron chi connectivity index (χ1n) is 6.68. The number of hydrogen-bond acceptors (Lipinski definition) is 4. The number of likely N-dealkylation sites (tertiary alicyclic amines) is 1. The van der Waals surface area contributed by atoms with E-state index in [1.165, 1.54) is 4.90 Å². The van der Waals surface area contributed by atoms with Crippen molar-refractivity contribution in [1.82, 2.24) is 15.1 Å². The molecule has 2 heterocycles. The van der Waals surface area contributed by atoms with Gasteiger partial charge in [0.25, 0.3) is 0 Å². The lowest BCUT2D eigenvalue weighted by Gasteiger charge is -2.36. The van der Waals surface area contributed by atoms with Crippen molar-refractivity contribution in [3.8, 4) is 0 Å². The number of nitrogens with two attached hydrogens (primary N) is 1. The zero-order valence-corrected chi connectivity index (χ0v) is 10.9. The average Bonchev–Trinajstić information content (AvgIpc) is 2.78. The van der Waals surface area contributed by atoms with Gasteiger partial charge in [0.05, 0.1) is 6.54 Å². The van der Waals surface area contributed by atoms with Gasteiger partial charge >= 0.3 is 6.03 Å². The summed E-state index contributed by atoms with van der Waals surface area (Å²) in [4.78, 5) is 26.8. The lowest BCUT2D eigenvalue weighted by atomic mass is 9.91. The SMILES string of the molecule is CCC1CN(CC(=O)N2CCNC2=O)CCC1N. The van der Waals surface area contributed by atoms with E-state index in [0.717, 1.165) is 25.9 Å². The summed E-state index contributed by atoms with van der Waals surface area (Å²) in [5.41, 5.74) is 6.04. The van der Waals surface area contributed by atoms with E-state index in [2.05, 4.69) is 17.1 Å². The molecule has 0 bridgehead atoms. The number of hydrogen-bond donors (Lipinski definition) is 2. The molecule has 2 aliphatic rings. The van der Waals surface area contributed by atoms with E-state index >= 15 is 0 Å². The van der Waals surface area contributed by atoms with Gasteiger partial charge in [0.1, 0.15) is 0 Å². The summed E-state index contributed by atoms with van der Waals surface area (Å²) < 4.78 is 0. The van der Waals surface area contributed by atoms with Gasteiger partial charge in [-0.25, -0.2) is 4.79 Å². The molecule has 0 spiro atoms. The first kappa shape index (κ1) is 13.3. The normalized spacial score (nSPS) is 29.4. The van der Waals surface area contributed by atoms with Crippen LogP contribution in [0.2, 0.25) is 0 Å². The number of carbonyl (C=O) groups is 2. The molecule has 6 heteroatoms. The topological polar surface area (TPSA) is 78.7 Å². The quantitative estimate of drug-likeness (QED) is 0.718. The van der Waals surface area contributed by atoms with Crippen molar-refractivity contribution in [2.75, 3.05) is 32.7 Å². The Morgan fingerprint density at radius 2 is 2.28 bits per heavy atom. The highest BCUT2D eigenvalue weighted by Crippen LogP contribution is 2.18. The van der Waals surface area contributed by atoms with Crippen molar-refractivity contribution < 1.29 is 9.59 Å². The molecule has 2 saturated heterocycles. The minimum atomic E-state index is -0.263. The van der Waals surface area contributed by atoms with E-state index in [1.807, 2.05) is 0 Å². The molecule has 0 saturated carbocycles. The molecule has 2 unspecified atom stereocenters. The van der Waals surface area contributed by atoms with Crippen LogP contribution < -0.4 is 11.1 Å². The molecule has 6 nitrogen and oxygen atoms in total. The van der Waals surface area contributed by atoms with Crippen LogP contribution in [0, 0.1) is 5.92 Å². The van der Waals surface area contributed by atoms with E-state index in [0.29, 0.717) is 25.6 Å². The molecular formula is C12H22N4O2. The van der Waals surface area contributed by atoms with Crippen molar-refractivity contribution in [3.63, 3.8) is 0 Å². The number of rotatable bonds is 3. The molecule has 0 aromatic carbocycles. The third-order valence-corrected chi connectivity index (χ3v) is 3.92. The Kier molecular flexibility index (Phi) is 4.19. The van der Waals surface area contributed by atoms with E-state index in [9.17, 15) is 9.59 Å². The number of piperidine rings is 1. The third kappa shape index (κ3) is 2.81. The number of carbonyl (C=O) groups excluding carboxylic acids is 2. The van der Waals surface area contributed by atoms with Crippen LogP contribution in [0.25, 0.3) is 0 Å². The van der Waals surface area contributed by atoms with Gasteiger partial charge in [-0.1, -0.05) is 13.3 Å². The molecule has 3 amide bonds. The monoisotopic (exact) mass is 254 g/mol. The highest BCUT2D eigenvalue weighted by atomic mass is 16.2. The molecule has 0 aliphatic carbocycles. The number of imide groups is 1. The van der Waals surface area contributed by atoms with E-state index in [1.54, 1.807) is 0 Å². The van der Waals surface area contributed by atoms with Crippen molar-refractivity contribution in [1.29, 1.82) is 0 Å². The molecule has 2 fully saturated rings. The second kappa shape index (κ2) is 5.67. The molecular weight excluding hydrogens is 232 g/mol. The fraction of sp³-hybridized carbons (Fsp3) is 0.833. The molecule has 0 aromatic rings. The fourth-order valence-corrected chi connectivity index (χ4v) is 2.69. The van der Waals surface area contributed by atoms with Gasteiger partial charge < -0.3 is 11.1 Å². The maximum Gasteiger partial charge on any atom is 0.324 e. The number of amides is 3. The Bertz CT molecular complexity index is 334. The first-order valence-corrected chi connectivity index (χ1v) is 6.68. The maximum atomic E-state index is 12.0. The standard InChI is InChI=1S/C12H22N4O2/c1-2-9-7-15(5-3-10(9)13)8-11(17)16-6-4-14-12(16)18/h9-10H,2-8,13H2,1H3,(H,14,18). The summed E-state index contributed by atoms with van der Waals surface area (Å²) in [6.45, 7) is 5.22. The van der Waals surface area contributed by atoms with Crippen LogP contribution in [-0.2, 0) is 4.79 Å². The van der Waals surface area contributed by atoms with Gasteiger partial charge in [0.15, 0.2) is 0 Å². The van der Waals surface area contributed by atoms with Crippen LogP contribution in [-0.4, -0.2) is 60.5 Å². The highest BCUT2D eigenvalue weighted by Gasteiger charge is 2.30. The third-order valence-electron chi connectivity index (χ3n) is 3.92. The van der Waals surface area contributed by atoms with Crippen LogP contribution in [0.4, 0.5) is 4.79 Å². The lowest BCUT2D eigenvalue weighted by molar-refractivity contribution is -0.129. The van der Waals surface area contributed by atoms with Gasteiger partial charge in [-0.2, -0.15) is 0 Å². The molecule has 2 atom stereocenters. The van der Waals surface area contributed by atoms with Crippen molar-refractivity contribution in [2.24, 2.45) is 11.7 Å². The number of urea groups is 1. The van der Waals surface area contributed by atoms with Crippen molar-refractivity contribution in [2.45, 2.75) is 25.8 Å². The summed E-state index contributed by atoms with van der Waals surface area (Å²) in [6.07, 6.45) is 1.97. The Hall–Kier alpha value is -1.14. The Morgan fingerprint density at radius 3 is 2.89 bits per heavy atom. The van der Waals surface area contributed by atoms with E-state index < -0.39 is 0 Å². The number of nitrogens with zero attached hydrogens (tertiary/aromatic N) is 2. The minimum absolute atomic E-state index is 0.102. The number of nitrogens with one attached hydrogen (secondary N) is 1.